The van der Waals surface area contributed by atoms with Gasteiger partial charge in [0.25, 0.3) is 0 Å². The van der Waals surface area contributed by atoms with Crippen LogP contribution in [0.3, 0.4) is 0 Å². The van der Waals surface area contributed by atoms with Crippen LogP contribution in [0.4, 0.5) is 4.79 Å². The minimum atomic E-state index is 0.116. The molecule has 4 nitrogen and oxygen atoms in total. The Morgan fingerprint density at radius 1 is 1.10 bits per heavy atom. The number of likely N-dealkylation sites (tertiary alicyclic amines) is 2. The number of carbonyl (C=O) groups excluding carboxylic acids is 1. The second kappa shape index (κ2) is 7.30. The predicted octanol–water partition coefficient (Wildman–Crippen LogP) is 2.55. The van der Waals surface area contributed by atoms with E-state index in [-0.39, 0.29) is 12.1 Å². The first-order valence-corrected chi connectivity index (χ1v) is 8.32. The van der Waals surface area contributed by atoms with E-state index in [9.17, 15) is 4.79 Å². The quantitative estimate of drug-likeness (QED) is 0.863. The van der Waals surface area contributed by atoms with Crippen molar-refractivity contribution in [3.05, 3.63) is 0 Å². The largest absolute Gasteiger partial charge is 0.336 e. The summed E-state index contributed by atoms with van der Waals surface area (Å²) in [6.07, 6.45) is 5.04. The lowest BCUT2D eigenvalue weighted by atomic mass is 9.93. The summed E-state index contributed by atoms with van der Waals surface area (Å²) in [4.78, 5) is 16.6. The molecule has 0 atom stereocenters. The van der Waals surface area contributed by atoms with Gasteiger partial charge in [-0.25, -0.2) is 4.79 Å². The molecule has 0 aliphatic carbocycles. The van der Waals surface area contributed by atoms with Crippen LogP contribution in [0.1, 0.15) is 46.5 Å². The summed E-state index contributed by atoms with van der Waals surface area (Å²) in [7, 11) is 0. The van der Waals surface area contributed by atoms with Crippen LogP contribution >= 0.6 is 0 Å². The summed E-state index contributed by atoms with van der Waals surface area (Å²) in [5, 5.41) is 2.99. The zero-order chi connectivity index (χ0) is 14.5. The van der Waals surface area contributed by atoms with Crippen LogP contribution in [0.25, 0.3) is 0 Å². The predicted molar refractivity (Wildman–Crippen MR) is 82.8 cm³/mol. The first-order chi connectivity index (χ1) is 9.54. The molecule has 2 fully saturated rings. The molecule has 0 radical (unpaired) electrons. The van der Waals surface area contributed by atoms with Gasteiger partial charge in [0.15, 0.2) is 0 Å². The lowest BCUT2D eigenvalue weighted by Gasteiger charge is -2.37. The first-order valence-electron chi connectivity index (χ1n) is 8.32. The van der Waals surface area contributed by atoms with Crippen molar-refractivity contribution in [3.63, 3.8) is 0 Å². The van der Waals surface area contributed by atoms with Gasteiger partial charge in [-0.05, 0) is 64.5 Å². The zero-order valence-corrected chi connectivity index (χ0v) is 13.4. The van der Waals surface area contributed by atoms with Crippen molar-refractivity contribution in [2.45, 2.75) is 52.5 Å². The van der Waals surface area contributed by atoms with E-state index in [1.165, 1.54) is 32.5 Å². The van der Waals surface area contributed by atoms with Gasteiger partial charge in [-0.15, -0.1) is 0 Å². The summed E-state index contributed by atoms with van der Waals surface area (Å²) in [6.45, 7) is 12.0. The fraction of sp³-hybridized carbons (Fsp3) is 0.938. The molecule has 2 rings (SSSR count). The highest BCUT2D eigenvalue weighted by molar-refractivity contribution is 5.74. The van der Waals surface area contributed by atoms with Crippen LogP contribution in [0.5, 0.6) is 0 Å². The van der Waals surface area contributed by atoms with Gasteiger partial charge >= 0.3 is 6.03 Å². The number of nitrogens with zero attached hydrogens (tertiary/aromatic N) is 2. The van der Waals surface area contributed by atoms with Gasteiger partial charge in [0, 0.05) is 25.7 Å². The van der Waals surface area contributed by atoms with E-state index in [0.29, 0.717) is 0 Å². The molecule has 2 heterocycles. The van der Waals surface area contributed by atoms with E-state index in [1.54, 1.807) is 0 Å². The number of amides is 2. The minimum absolute atomic E-state index is 0.116. The molecule has 4 heteroatoms. The second-order valence-electron chi connectivity index (χ2n) is 7.02. The standard InChI is InChI=1S/C16H31N3O/c1-13(2)17-16(20)19-10-6-15(7-11-19)12-18-8-4-14(3)5-9-18/h13-15H,4-12H2,1-3H3,(H,17,20). The van der Waals surface area contributed by atoms with Crippen molar-refractivity contribution in [2.24, 2.45) is 11.8 Å². The second-order valence-corrected chi connectivity index (χ2v) is 7.02. The van der Waals surface area contributed by atoms with Crippen molar-refractivity contribution in [1.82, 2.24) is 15.1 Å². The van der Waals surface area contributed by atoms with E-state index >= 15 is 0 Å². The molecule has 2 aliphatic heterocycles. The van der Waals surface area contributed by atoms with Crippen molar-refractivity contribution >= 4 is 6.03 Å². The number of piperidine rings is 2. The topological polar surface area (TPSA) is 35.6 Å². The number of hydrogen-bond acceptors (Lipinski definition) is 2. The van der Waals surface area contributed by atoms with Crippen LogP contribution in [-0.2, 0) is 0 Å². The van der Waals surface area contributed by atoms with Crippen LogP contribution < -0.4 is 5.32 Å². The molecule has 0 saturated carbocycles. The molecule has 1 N–H and O–H groups in total. The molecule has 2 saturated heterocycles. The third-order valence-corrected chi connectivity index (χ3v) is 4.71. The first kappa shape index (κ1) is 15.6. The highest BCUT2D eigenvalue weighted by atomic mass is 16.2. The van der Waals surface area contributed by atoms with Crippen LogP contribution in [0.2, 0.25) is 0 Å². The van der Waals surface area contributed by atoms with E-state index < -0.39 is 0 Å². The molecule has 116 valence electrons. The molecule has 0 bridgehead atoms. The van der Waals surface area contributed by atoms with Gasteiger partial charge in [0.1, 0.15) is 0 Å². The number of rotatable bonds is 3. The fourth-order valence-electron chi connectivity index (χ4n) is 3.27. The highest BCUT2D eigenvalue weighted by Crippen LogP contribution is 2.22. The summed E-state index contributed by atoms with van der Waals surface area (Å²) >= 11 is 0. The number of carbonyl (C=O) groups is 1. The number of hydrogen-bond donors (Lipinski definition) is 1. The third-order valence-electron chi connectivity index (χ3n) is 4.71. The van der Waals surface area contributed by atoms with E-state index in [4.69, 9.17) is 0 Å². The van der Waals surface area contributed by atoms with Crippen molar-refractivity contribution < 1.29 is 4.79 Å². The molecule has 0 aromatic rings. The molecular weight excluding hydrogens is 250 g/mol. The summed E-state index contributed by atoms with van der Waals surface area (Å²) < 4.78 is 0. The van der Waals surface area contributed by atoms with Gasteiger partial charge in [-0.2, -0.15) is 0 Å². The molecule has 20 heavy (non-hydrogen) atoms. The Bertz CT molecular complexity index is 303. The van der Waals surface area contributed by atoms with Crippen LogP contribution in [0, 0.1) is 11.8 Å². The summed E-state index contributed by atoms with van der Waals surface area (Å²) in [5.74, 6) is 1.69. The number of nitrogens with one attached hydrogen (secondary N) is 1. The molecule has 2 amide bonds. The summed E-state index contributed by atoms with van der Waals surface area (Å²) in [6, 6.07) is 0.348. The highest BCUT2D eigenvalue weighted by Gasteiger charge is 2.25. The van der Waals surface area contributed by atoms with Crippen molar-refractivity contribution in [2.75, 3.05) is 32.7 Å². The average Bonchev–Trinajstić information content (AvgIpc) is 2.41. The third kappa shape index (κ3) is 4.65. The minimum Gasteiger partial charge on any atom is -0.336 e. The Hall–Kier alpha value is -0.770. The van der Waals surface area contributed by atoms with Gasteiger partial charge in [0.2, 0.25) is 0 Å². The van der Waals surface area contributed by atoms with Gasteiger partial charge in [-0.1, -0.05) is 6.92 Å². The monoisotopic (exact) mass is 281 g/mol. The van der Waals surface area contributed by atoms with Gasteiger partial charge in [0.05, 0.1) is 0 Å². The van der Waals surface area contributed by atoms with Crippen LogP contribution in [0.15, 0.2) is 0 Å². The Labute approximate surface area is 123 Å². The lowest BCUT2D eigenvalue weighted by molar-refractivity contribution is 0.125. The average molecular weight is 281 g/mol. The maximum atomic E-state index is 11.9. The SMILES string of the molecule is CC1CCN(CC2CCN(C(=O)NC(C)C)CC2)CC1. The molecule has 0 aromatic heterocycles. The van der Waals surface area contributed by atoms with Gasteiger partial charge in [-0.3, -0.25) is 0 Å². The number of urea groups is 1. The summed E-state index contributed by atoms with van der Waals surface area (Å²) in [5.41, 5.74) is 0. The van der Waals surface area contributed by atoms with Crippen molar-refractivity contribution in [1.29, 1.82) is 0 Å². The normalized spacial score (nSPS) is 23.3. The van der Waals surface area contributed by atoms with E-state index in [1.807, 2.05) is 18.7 Å². The molecule has 0 spiro atoms. The Kier molecular flexibility index (Phi) is 5.70. The van der Waals surface area contributed by atoms with E-state index in [2.05, 4.69) is 17.1 Å². The maximum absolute atomic E-state index is 11.9. The van der Waals surface area contributed by atoms with Gasteiger partial charge < -0.3 is 15.1 Å². The molecule has 0 unspecified atom stereocenters. The van der Waals surface area contributed by atoms with Crippen molar-refractivity contribution in [3.8, 4) is 0 Å². The molecule has 0 aromatic carbocycles. The van der Waals surface area contributed by atoms with E-state index in [0.717, 1.165) is 37.8 Å². The molecular formula is C16H31N3O. The Balaban J connectivity index is 1.67. The fourth-order valence-corrected chi connectivity index (χ4v) is 3.27. The maximum Gasteiger partial charge on any atom is 0.317 e. The smallest absolute Gasteiger partial charge is 0.317 e. The van der Waals surface area contributed by atoms with Crippen LogP contribution in [-0.4, -0.2) is 54.6 Å². The lowest BCUT2D eigenvalue weighted by Crippen LogP contribution is -2.48. The Morgan fingerprint density at radius 3 is 2.25 bits per heavy atom. The zero-order valence-electron chi connectivity index (χ0n) is 13.4. The Morgan fingerprint density at radius 2 is 1.70 bits per heavy atom. The molecule has 2 aliphatic rings.